The first-order valence-electron chi connectivity index (χ1n) is 10.4. The normalized spacial score (nSPS) is 17.4. The zero-order chi connectivity index (χ0) is 20.7. The van der Waals surface area contributed by atoms with Crippen molar-refractivity contribution in [2.45, 2.75) is 32.4 Å². The highest BCUT2D eigenvalue weighted by atomic mass is 16.2. The lowest BCUT2D eigenvalue weighted by atomic mass is 10.00. The van der Waals surface area contributed by atoms with E-state index in [1.54, 1.807) is 23.1 Å². The van der Waals surface area contributed by atoms with Crippen LogP contribution in [0, 0.1) is 0 Å². The van der Waals surface area contributed by atoms with Crippen LogP contribution in [0.2, 0.25) is 0 Å². The molecule has 2 aliphatic rings. The van der Waals surface area contributed by atoms with Gasteiger partial charge >= 0.3 is 0 Å². The van der Waals surface area contributed by atoms with Gasteiger partial charge in [0.1, 0.15) is 11.4 Å². The third-order valence-corrected chi connectivity index (χ3v) is 6.03. The number of hydrogen-bond acceptors (Lipinski definition) is 3. The Balaban J connectivity index is 1.40. The van der Waals surface area contributed by atoms with E-state index in [1.807, 2.05) is 42.2 Å². The molecule has 5 nitrogen and oxygen atoms in total. The Morgan fingerprint density at radius 1 is 0.833 bits per heavy atom. The van der Waals surface area contributed by atoms with E-state index in [0.717, 1.165) is 24.1 Å². The Kier molecular flexibility index (Phi) is 4.58. The fourth-order valence-corrected chi connectivity index (χ4v) is 4.50. The van der Waals surface area contributed by atoms with E-state index in [9.17, 15) is 9.59 Å². The number of hydrogen-bond donors (Lipinski definition) is 0. The Morgan fingerprint density at radius 2 is 1.50 bits per heavy atom. The first kappa shape index (κ1) is 18.6. The molecule has 5 heteroatoms. The maximum atomic E-state index is 13.3. The number of pyridine rings is 1. The summed E-state index contributed by atoms with van der Waals surface area (Å²) in [7, 11) is 0. The smallest absolute Gasteiger partial charge is 0.277 e. The third-order valence-electron chi connectivity index (χ3n) is 6.03. The molecular weight excluding hydrogens is 374 g/mol. The lowest BCUT2D eigenvalue weighted by Crippen LogP contribution is -2.38. The second kappa shape index (κ2) is 7.41. The zero-order valence-electron chi connectivity index (χ0n) is 16.9. The summed E-state index contributed by atoms with van der Waals surface area (Å²) >= 11 is 0. The monoisotopic (exact) mass is 397 g/mol. The van der Waals surface area contributed by atoms with Crippen molar-refractivity contribution < 1.29 is 9.59 Å². The summed E-state index contributed by atoms with van der Waals surface area (Å²) in [5.41, 5.74) is 5.19. The van der Waals surface area contributed by atoms with Crippen molar-refractivity contribution in [1.82, 2.24) is 9.88 Å². The SMILES string of the molecule is CC1Cc2ccccc2N1C(=O)c1cccc(C(=O)N2CCc3ccccc3C2)n1. The highest BCUT2D eigenvalue weighted by Crippen LogP contribution is 2.32. The quantitative estimate of drug-likeness (QED) is 0.660. The topological polar surface area (TPSA) is 53.5 Å². The zero-order valence-corrected chi connectivity index (χ0v) is 16.9. The van der Waals surface area contributed by atoms with Gasteiger partial charge in [0, 0.05) is 24.8 Å². The Bertz CT molecular complexity index is 1140. The number of para-hydroxylation sites is 1. The van der Waals surface area contributed by atoms with Gasteiger partial charge in [0.05, 0.1) is 0 Å². The fourth-order valence-electron chi connectivity index (χ4n) is 4.50. The van der Waals surface area contributed by atoms with Crippen LogP contribution in [-0.2, 0) is 19.4 Å². The molecule has 0 saturated carbocycles. The predicted octanol–water partition coefficient (Wildman–Crippen LogP) is 3.87. The third kappa shape index (κ3) is 3.16. The molecule has 30 heavy (non-hydrogen) atoms. The van der Waals surface area contributed by atoms with Gasteiger partial charge in [0.15, 0.2) is 0 Å². The van der Waals surface area contributed by atoms with E-state index >= 15 is 0 Å². The predicted molar refractivity (Wildman–Crippen MR) is 116 cm³/mol. The molecule has 1 unspecified atom stereocenters. The van der Waals surface area contributed by atoms with Crippen LogP contribution in [0.4, 0.5) is 5.69 Å². The lowest BCUT2D eigenvalue weighted by molar-refractivity contribution is 0.0728. The van der Waals surface area contributed by atoms with Gasteiger partial charge in [-0.05, 0) is 54.7 Å². The maximum absolute atomic E-state index is 13.3. The molecule has 0 saturated heterocycles. The van der Waals surface area contributed by atoms with Gasteiger partial charge in [-0.25, -0.2) is 4.98 Å². The van der Waals surface area contributed by atoms with E-state index in [1.165, 1.54) is 11.1 Å². The maximum Gasteiger partial charge on any atom is 0.277 e. The van der Waals surface area contributed by atoms with Crippen LogP contribution in [0.5, 0.6) is 0 Å². The van der Waals surface area contributed by atoms with E-state index in [-0.39, 0.29) is 17.9 Å². The molecule has 1 atom stereocenters. The van der Waals surface area contributed by atoms with Crippen LogP contribution in [0.15, 0.2) is 66.7 Å². The van der Waals surface area contributed by atoms with Gasteiger partial charge in [0.25, 0.3) is 11.8 Å². The van der Waals surface area contributed by atoms with Crippen LogP contribution in [-0.4, -0.2) is 34.3 Å². The number of benzene rings is 2. The van der Waals surface area contributed by atoms with Crippen molar-refractivity contribution in [1.29, 1.82) is 0 Å². The first-order valence-corrected chi connectivity index (χ1v) is 10.4. The second-order valence-electron chi connectivity index (χ2n) is 8.01. The molecule has 3 aromatic rings. The largest absolute Gasteiger partial charge is 0.333 e. The number of aromatic nitrogens is 1. The van der Waals surface area contributed by atoms with Crippen molar-refractivity contribution in [3.8, 4) is 0 Å². The summed E-state index contributed by atoms with van der Waals surface area (Å²) in [6, 6.07) is 21.4. The van der Waals surface area contributed by atoms with Gasteiger partial charge in [-0.15, -0.1) is 0 Å². The molecule has 0 aliphatic carbocycles. The summed E-state index contributed by atoms with van der Waals surface area (Å²) in [5.74, 6) is -0.292. The standard InChI is InChI=1S/C25H23N3O2/c1-17-15-19-8-4-5-12-23(19)28(17)25(30)22-11-6-10-21(26-22)24(29)27-14-13-18-7-2-3-9-20(18)16-27/h2-12,17H,13-16H2,1H3. The summed E-state index contributed by atoms with van der Waals surface area (Å²) in [5, 5.41) is 0. The number of fused-ring (bicyclic) bond motifs is 2. The molecule has 1 aromatic heterocycles. The van der Waals surface area contributed by atoms with E-state index in [2.05, 4.69) is 23.2 Å². The highest BCUT2D eigenvalue weighted by molar-refractivity contribution is 6.07. The molecule has 0 bridgehead atoms. The number of nitrogens with zero attached hydrogens (tertiary/aromatic N) is 3. The van der Waals surface area contributed by atoms with Gasteiger partial charge < -0.3 is 9.80 Å². The molecule has 2 amide bonds. The summed E-state index contributed by atoms with van der Waals surface area (Å²) in [4.78, 5) is 34.5. The van der Waals surface area contributed by atoms with E-state index in [4.69, 9.17) is 0 Å². The molecule has 3 heterocycles. The molecule has 0 N–H and O–H groups in total. The van der Waals surface area contributed by atoms with Crippen LogP contribution < -0.4 is 4.90 Å². The van der Waals surface area contributed by atoms with E-state index < -0.39 is 0 Å². The molecule has 0 radical (unpaired) electrons. The molecule has 0 spiro atoms. The number of amides is 2. The fraction of sp³-hybridized carbons (Fsp3) is 0.240. The minimum Gasteiger partial charge on any atom is -0.333 e. The summed E-state index contributed by atoms with van der Waals surface area (Å²) in [6.45, 7) is 3.27. The van der Waals surface area contributed by atoms with Gasteiger partial charge in [0.2, 0.25) is 0 Å². The van der Waals surface area contributed by atoms with E-state index in [0.29, 0.717) is 24.5 Å². The number of carbonyl (C=O) groups is 2. The van der Waals surface area contributed by atoms with Gasteiger partial charge in [-0.2, -0.15) is 0 Å². The molecule has 2 aromatic carbocycles. The van der Waals surface area contributed by atoms with Crippen LogP contribution in [0.3, 0.4) is 0 Å². The van der Waals surface area contributed by atoms with Crippen molar-refractivity contribution in [2.75, 3.05) is 11.4 Å². The Labute approximate surface area is 176 Å². The lowest BCUT2D eigenvalue weighted by Gasteiger charge is -2.28. The van der Waals surface area contributed by atoms with Crippen LogP contribution in [0.1, 0.15) is 44.6 Å². The highest BCUT2D eigenvalue weighted by Gasteiger charge is 2.32. The first-order chi connectivity index (χ1) is 14.6. The second-order valence-corrected chi connectivity index (χ2v) is 8.01. The Morgan fingerprint density at radius 3 is 2.30 bits per heavy atom. The van der Waals surface area contributed by atoms with Crippen molar-refractivity contribution >= 4 is 17.5 Å². The molecular formula is C25H23N3O2. The minimum absolute atomic E-state index is 0.0645. The van der Waals surface area contributed by atoms with Crippen molar-refractivity contribution in [3.05, 3.63) is 94.8 Å². The number of carbonyl (C=O) groups excluding carboxylic acids is 2. The minimum atomic E-state index is -0.161. The molecule has 0 fully saturated rings. The number of rotatable bonds is 2. The van der Waals surface area contributed by atoms with Crippen molar-refractivity contribution in [3.63, 3.8) is 0 Å². The average Bonchev–Trinajstić information content (AvgIpc) is 3.13. The summed E-state index contributed by atoms with van der Waals surface area (Å²) < 4.78 is 0. The van der Waals surface area contributed by atoms with Crippen LogP contribution in [0.25, 0.3) is 0 Å². The Hall–Kier alpha value is -3.47. The van der Waals surface area contributed by atoms with Crippen molar-refractivity contribution in [2.24, 2.45) is 0 Å². The molecule has 2 aliphatic heterocycles. The molecule has 150 valence electrons. The average molecular weight is 397 g/mol. The van der Waals surface area contributed by atoms with Gasteiger partial charge in [-0.3, -0.25) is 9.59 Å². The molecule has 5 rings (SSSR count). The van der Waals surface area contributed by atoms with Crippen LogP contribution >= 0.6 is 0 Å². The summed E-state index contributed by atoms with van der Waals surface area (Å²) in [6.07, 6.45) is 1.66. The number of anilines is 1. The van der Waals surface area contributed by atoms with Gasteiger partial charge in [-0.1, -0.05) is 48.5 Å².